The van der Waals surface area contributed by atoms with Crippen LogP contribution in [-0.4, -0.2) is 0 Å². The maximum Gasteiger partial charge on any atom is -0.0533 e. The van der Waals surface area contributed by atoms with E-state index in [-0.39, 0.29) is 0 Å². The quantitative estimate of drug-likeness (QED) is 0.123. The number of hydrogen-bond acceptors (Lipinski definition) is 0. The predicted molar refractivity (Wildman–Crippen MR) is 159 cm³/mol. The fourth-order valence-corrected chi connectivity index (χ4v) is 4.15. The van der Waals surface area contributed by atoms with Crippen molar-refractivity contribution < 1.29 is 0 Å². The van der Waals surface area contributed by atoms with E-state index in [1.165, 1.54) is 173 Å². The Morgan fingerprint density at radius 3 is 0.333 bits per heavy atom. The van der Waals surface area contributed by atoms with Gasteiger partial charge in [0.05, 0.1) is 0 Å². The summed E-state index contributed by atoms with van der Waals surface area (Å²) in [6.45, 7) is 13.6. The molecule has 0 spiro atoms. The zero-order valence-electron chi connectivity index (χ0n) is 25.1. The molecule has 0 fully saturated rings. The van der Waals surface area contributed by atoms with Crippen LogP contribution in [0.4, 0.5) is 0 Å². The first-order valence-corrected chi connectivity index (χ1v) is 16.2. The molecule has 0 unspecified atom stereocenters. The Balaban J connectivity index is -0.000000411. The molecule has 0 aliphatic heterocycles. The standard InChI is InChI=1S/C12H26.C11H24.C10H22/c1-3-5-7-9-11-12-10-8-6-4-2;1-3-5-7-9-11-10-8-6-4-2;1-3-5-7-9-10-8-6-4-2/h3-12H2,1-2H3;3-11H2,1-2H3;3-10H2,1-2H3. The minimum Gasteiger partial charge on any atom is -0.0654 e. The molecule has 0 saturated heterocycles. The molecule has 0 heteroatoms. The number of unbranched alkanes of at least 4 members (excludes halogenated alkanes) is 24. The van der Waals surface area contributed by atoms with Crippen molar-refractivity contribution in [1.29, 1.82) is 0 Å². The van der Waals surface area contributed by atoms with Crippen molar-refractivity contribution in [2.24, 2.45) is 0 Å². The van der Waals surface area contributed by atoms with Crippen LogP contribution in [0, 0.1) is 0 Å². The van der Waals surface area contributed by atoms with Gasteiger partial charge < -0.3 is 0 Å². The summed E-state index contributed by atoms with van der Waals surface area (Å²) in [7, 11) is 0. The van der Waals surface area contributed by atoms with Crippen LogP contribution in [-0.2, 0) is 0 Å². The van der Waals surface area contributed by atoms with Crippen LogP contribution in [0.2, 0.25) is 0 Å². The first kappa shape index (κ1) is 37.5. The van der Waals surface area contributed by atoms with Crippen LogP contribution >= 0.6 is 0 Å². The van der Waals surface area contributed by atoms with E-state index in [0.29, 0.717) is 0 Å². The van der Waals surface area contributed by atoms with Gasteiger partial charge in [0.2, 0.25) is 0 Å². The topological polar surface area (TPSA) is 0 Å². The van der Waals surface area contributed by atoms with Gasteiger partial charge in [-0.05, 0) is 0 Å². The molecule has 33 heavy (non-hydrogen) atoms. The summed E-state index contributed by atoms with van der Waals surface area (Å²) in [5, 5.41) is 0. The van der Waals surface area contributed by atoms with Crippen LogP contribution in [0.1, 0.15) is 215 Å². The SMILES string of the molecule is CCCCCCCCCC.CCCCCCCCCCC.CCCCCCCCCCCC. The molecule has 0 heterocycles. The third-order valence-electron chi connectivity index (χ3n) is 6.62. The highest BCUT2D eigenvalue weighted by Crippen LogP contribution is 2.10. The molecule has 204 valence electrons. The van der Waals surface area contributed by atoms with Crippen molar-refractivity contribution in [2.75, 3.05) is 0 Å². The Morgan fingerprint density at radius 1 is 0.152 bits per heavy atom. The summed E-state index contributed by atoms with van der Waals surface area (Å²) in [5.74, 6) is 0. The molecule has 0 amide bonds. The van der Waals surface area contributed by atoms with Crippen molar-refractivity contribution >= 4 is 0 Å². The Labute approximate surface area is 214 Å². The lowest BCUT2D eigenvalue weighted by molar-refractivity contribution is 0.562. The van der Waals surface area contributed by atoms with E-state index >= 15 is 0 Å². The smallest absolute Gasteiger partial charge is 0.0533 e. The maximum absolute atomic E-state index is 2.28. The maximum atomic E-state index is 2.28. The molecule has 0 N–H and O–H groups in total. The lowest BCUT2D eigenvalue weighted by Crippen LogP contribution is -1.80. The Hall–Kier alpha value is 0. The minimum atomic E-state index is 1.37. The van der Waals surface area contributed by atoms with Gasteiger partial charge >= 0.3 is 0 Å². The summed E-state index contributed by atoms with van der Waals surface area (Å²) in [6.07, 6.45) is 38.9. The molecule has 0 atom stereocenters. The summed E-state index contributed by atoms with van der Waals surface area (Å²) in [4.78, 5) is 0. The van der Waals surface area contributed by atoms with Crippen LogP contribution < -0.4 is 0 Å². The van der Waals surface area contributed by atoms with Gasteiger partial charge in [0.15, 0.2) is 0 Å². The lowest BCUT2D eigenvalue weighted by atomic mass is 10.1. The van der Waals surface area contributed by atoms with Crippen LogP contribution in [0.25, 0.3) is 0 Å². The normalized spacial score (nSPS) is 10.4. The molecule has 0 radical (unpaired) electrons. The zero-order valence-corrected chi connectivity index (χ0v) is 25.1. The third kappa shape index (κ3) is 50.0. The fourth-order valence-electron chi connectivity index (χ4n) is 4.15. The first-order valence-electron chi connectivity index (χ1n) is 16.2. The van der Waals surface area contributed by atoms with Gasteiger partial charge in [-0.2, -0.15) is 0 Å². The Morgan fingerprint density at radius 2 is 0.242 bits per heavy atom. The molecule has 0 rings (SSSR count). The molecular formula is C33H72. The van der Waals surface area contributed by atoms with Gasteiger partial charge in [0, 0.05) is 0 Å². The molecule has 0 aromatic carbocycles. The molecule has 0 aromatic rings. The van der Waals surface area contributed by atoms with E-state index in [4.69, 9.17) is 0 Å². The molecule has 0 saturated carbocycles. The van der Waals surface area contributed by atoms with E-state index in [9.17, 15) is 0 Å². The van der Waals surface area contributed by atoms with E-state index in [1.54, 1.807) is 0 Å². The summed E-state index contributed by atoms with van der Waals surface area (Å²) in [5.41, 5.74) is 0. The highest BCUT2D eigenvalue weighted by atomic mass is 14.0. The second kappa shape index (κ2) is 42.2. The van der Waals surface area contributed by atoms with Gasteiger partial charge in [0.25, 0.3) is 0 Å². The van der Waals surface area contributed by atoms with Gasteiger partial charge in [-0.25, -0.2) is 0 Å². The molecule has 0 aromatic heterocycles. The van der Waals surface area contributed by atoms with E-state index < -0.39 is 0 Å². The van der Waals surface area contributed by atoms with Gasteiger partial charge in [-0.3, -0.25) is 0 Å². The minimum absolute atomic E-state index is 1.37. The van der Waals surface area contributed by atoms with Crippen molar-refractivity contribution in [2.45, 2.75) is 215 Å². The van der Waals surface area contributed by atoms with E-state index in [0.717, 1.165) is 0 Å². The molecule has 0 nitrogen and oxygen atoms in total. The Kier molecular flexibility index (Phi) is 48.0. The van der Waals surface area contributed by atoms with Gasteiger partial charge in [-0.1, -0.05) is 215 Å². The van der Waals surface area contributed by atoms with Crippen molar-refractivity contribution in [3.8, 4) is 0 Å². The van der Waals surface area contributed by atoms with Crippen LogP contribution in [0.5, 0.6) is 0 Å². The number of hydrogen-bond donors (Lipinski definition) is 0. The van der Waals surface area contributed by atoms with Crippen molar-refractivity contribution in [3.05, 3.63) is 0 Å². The van der Waals surface area contributed by atoms with Crippen LogP contribution in [0.3, 0.4) is 0 Å². The van der Waals surface area contributed by atoms with E-state index in [1.807, 2.05) is 0 Å². The van der Waals surface area contributed by atoms with Gasteiger partial charge in [-0.15, -0.1) is 0 Å². The predicted octanol–water partition coefficient (Wildman–Crippen LogP) is 13.6. The molecule has 0 bridgehead atoms. The molecular weight excluding hydrogens is 396 g/mol. The lowest BCUT2D eigenvalue weighted by Gasteiger charge is -1.99. The second-order valence-electron chi connectivity index (χ2n) is 10.4. The van der Waals surface area contributed by atoms with Crippen LogP contribution in [0.15, 0.2) is 0 Å². The number of rotatable bonds is 24. The van der Waals surface area contributed by atoms with Crippen molar-refractivity contribution in [3.63, 3.8) is 0 Å². The second-order valence-corrected chi connectivity index (χ2v) is 10.4. The van der Waals surface area contributed by atoms with Gasteiger partial charge in [0.1, 0.15) is 0 Å². The largest absolute Gasteiger partial charge is 0.0654 e. The van der Waals surface area contributed by atoms with E-state index in [2.05, 4.69) is 41.5 Å². The molecule has 0 aliphatic carbocycles. The average molecular weight is 469 g/mol. The highest BCUT2D eigenvalue weighted by Gasteiger charge is 1.91. The Bertz CT molecular complexity index is 231. The average Bonchev–Trinajstić information content (AvgIpc) is 2.83. The molecule has 0 aliphatic rings. The summed E-state index contributed by atoms with van der Waals surface area (Å²) in [6, 6.07) is 0. The summed E-state index contributed by atoms with van der Waals surface area (Å²) < 4.78 is 0. The summed E-state index contributed by atoms with van der Waals surface area (Å²) >= 11 is 0. The highest BCUT2D eigenvalue weighted by molar-refractivity contribution is 4.46. The fraction of sp³-hybridized carbons (Fsp3) is 1.00. The zero-order chi connectivity index (χ0) is 25.1. The first-order chi connectivity index (χ1) is 16.2. The monoisotopic (exact) mass is 469 g/mol. The third-order valence-corrected chi connectivity index (χ3v) is 6.62. The van der Waals surface area contributed by atoms with Crippen molar-refractivity contribution in [1.82, 2.24) is 0 Å².